The lowest BCUT2D eigenvalue weighted by Gasteiger charge is -2.34. The van der Waals surface area contributed by atoms with E-state index in [2.05, 4.69) is 10.3 Å². The van der Waals surface area contributed by atoms with E-state index in [1.807, 2.05) is 6.92 Å². The highest BCUT2D eigenvalue weighted by Gasteiger charge is 2.32. The van der Waals surface area contributed by atoms with Gasteiger partial charge in [0.2, 0.25) is 0 Å². The van der Waals surface area contributed by atoms with Crippen LogP contribution in [-0.2, 0) is 14.5 Å². The van der Waals surface area contributed by atoms with Gasteiger partial charge in [-0.25, -0.2) is 11.0 Å². The molecule has 0 aromatic heterocycles. The molecule has 8 nitrogen and oxygen atoms in total. The Kier molecular flexibility index (Phi) is 8.54. The summed E-state index contributed by atoms with van der Waals surface area (Å²) in [6.07, 6.45) is 10.6. The lowest BCUT2D eigenvalue weighted by molar-refractivity contribution is -0.0321. The van der Waals surface area contributed by atoms with Gasteiger partial charge in [-0.3, -0.25) is 14.2 Å². The first-order chi connectivity index (χ1) is 15.4. The first-order valence-corrected chi connectivity index (χ1v) is 13.1. The van der Waals surface area contributed by atoms with Gasteiger partial charge in [0.1, 0.15) is 12.0 Å². The first kappa shape index (κ1) is 26.1. The van der Waals surface area contributed by atoms with E-state index in [9.17, 15) is 21.6 Å². The molecule has 4 atom stereocenters. The van der Waals surface area contributed by atoms with Gasteiger partial charge in [0, 0.05) is 17.2 Å². The molecule has 1 heterocycles. The van der Waals surface area contributed by atoms with Crippen LogP contribution in [0, 0.1) is 11.8 Å². The van der Waals surface area contributed by atoms with Crippen molar-refractivity contribution in [3.05, 3.63) is 34.5 Å². The number of hydrogen-bond donors (Lipinski definition) is 3. The van der Waals surface area contributed by atoms with E-state index in [1.54, 1.807) is 29.5 Å². The molecule has 5 N–H and O–H groups in total. The Morgan fingerprint density at radius 3 is 2.85 bits per heavy atom. The van der Waals surface area contributed by atoms with Crippen LogP contribution in [-0.4, -0.2) is 44.0 Å². The fraction of sp³-hybridized carbons (Fsp3) is 0.650. The highest BCUT2D eigenvalue weighted by molar-refractivity contribution is 8.04. The number of halogens is 3. The minimum absolute atomic E-state index is 0.0151. The van der Waals surface area contributed by atoms with Crippen LogP contribution in [0.2, 0.25) is 0 Å². The third-order valence-electron chi connectivity index (χ3n) is 5.99. The number of thioether (sulfide) groups is 1. The van der Waals surface area contributed by atoms with Crippen LogP contribution in [0.5, 0.6) is 0 Å². The summed E-state index contributed by atoms with van der Waals surface area (Å²) in [4.78, 5) is 4.69. The summed E-state index contributed by atoms with van der Waals surface area (Å²) in [7, 11) is -3.95. The van der Waals surface area contributed by atoms with Crippen molar-refractivity contribution in [3.8, 4) is 0 Å². The zero-order valence-corrected chi connectivity index (χ0v) is 19.9. The SMILES string of the molecule is CC(CC1N=CC=C(N[C@H]2CC[C@@H](COS(N)(=O)=O)C2)N1N)C1=CC(SC(F)(F)F)=CCC1. The molecule has 3 aliphatic rings. The van der Waals surface area contributed by atoms with Crippen molar-refractivity contribution in [1.29, 1.82) is 0 Å². The number of nitrogens with two attached hydrogens (primary N) is 2. The van der Waals surface area contributed by atoms with Crippen LogP contribution in [0.15, 0.2) is 39.5 Å². The van der Waals surface area contributed by atoms with Gasteiger partial charge in [-0.05, 0) is 74.3 Å². The standard InChI is InChI=1S/C20H30F3N5O3S2/c1-13(15-3-2-4-17(11-15)32-20(21,22)23)9-19-26-8-7-18(28(19)24)27-16-6-5-14(10-16)12-31-33(25,29)30/h4,7-8,11,13-14,16,19,27H,2-3,5-6,9-10,12,24H2,1H3,(H2,25,29,30)/t13?,14-,16+,19?/m1/s1. The van der Waals surface area contributed by atoms with Gasteiger partial charge in [0.15, 0.2) is 0 Å². The van der Waals surface area contributed by atoms with Crippen molar-refractivity contribution in [3.63, 3.8) is 0 Å². The minimum atomic E-state index is -4.30. The molecule has 1 saturated carbocycles. The number of nitrogens with one attached hydrogen (secondary N) is 1. The van der Waals surface area contributed by atoms with Crippen molar-refractivity contribution in [2.75, 3.05) is 6.61 Å². The summed E-state index contributed by atoms with van der Waals surface area (Å²) < 4.78 is 64.8. The summed E-state index contributed by atoms with van der Waals surface area (Å²) in [5, 5.41) is 9.83. The van der Waals surface area contributed by atoms with Crippen LogP contribution in [0.1, 0.15) is 45.4 Å². The van der Waals surface area contributed by atoms with E-state index in [1.165, 1.54) is 0 Å². The van der Waals surface area contributed by atoms with Crippen LogP contribution >= 0.6 is 11.8 Å². The maximum absolute atomic E-state index is 12.7. The summed E-state index contributed by atoms with van der Waals surface area (Å²) in [6.45, 7) is 2.04. The average molecular weight is 510 g/mol. The Balaban J connectivity index is 1.52. The molecule has 0 spiro atoms. The first-order valence-electron chi connectivity index (χ1n) is 10.8. The second-order valence-corrected chi connectivity index (χ2v) is 10.9. The van der Waals surface area contributed by atoms with Gasteiger partial charge in [0.05, 0.1) is 6.61 Å². The quantitative estimate of drug-likeness (QED) is 0.408. The molecular weight excluding hydrogens is 479 g/mol. The Labute approximate surface area is 196 Å². The third kappa shape index (κ3) is 8.32. The third-order valence-corrected chi connectivity index (χ3v) is 7.20. The number of hydrazine groups is 1. The molecule has 2 unspecified atom stereocenters. The fourth-order valence-electron chi connectivity index (χ4n) is 4.34. The van der Waals surface area contributed by atoms with Crippen molar-refractivity contribution in [1.82, 2.24) is 10.3 Å². The molecular formula is C20H30F3N5O3S2. The van der Waals surface area contributed by atoms with E-state index in [-0.39, 0.29) is 47.3 Å². The maximum Gasteiger partial charge on any atom is 0.446 e. The zero-order chi connectivity index (χ0) is 24.2. The van der Waals surface area contributed by atoms with E-state index in [4.69, 9.17) is 15.2 Å². The normalized spacial score (nSPS) is 27.2. The molecule has 1 fully saturated rings. The molecule has 0 saturated heterocycles. The van der Waals surface area contributed by atoms with Crippen LogP contribution in [0.25, 0.3) is 0 Å². The van der Waals surface area contributed by atoms with Gasteiger partial charge < -0.3 is 5.32 Å². The average Bonchev–Trinajstić information content (AvgIpc) is 3.15. The Morgan fingerprint density at radius 1 is 1.39 bits per heavy atom. The van der Waals surface area contributed by atoms with Gasteiger partial charge in [0.25, 0.3) is 0 Å². The predicted octanol–water partition coefficient (Wildman–Crippen LogP) is 3.28. The Bertz CT molecular complexity index is 934. The largest absolute Gasteiger partial charge is 0.446 e. The topological polar surface area (TPSA) is 123 Å². The second-order valence-electron chi connectivity index (χ2n) is 8.58. The van der Waals surface area contributed by atoms with Gasteiger partial charge >= 0.3 is 15.8 Å². The van der Waals surface area contributed by atoms with Gasteiger partial charge in [-0.1, -0.05) is 18.6 Å². The van der Waals surface area contributed by atoms with E-state index >= 15 is 0 Å². The Morgan fingerprint density at radius 2 is 2.15 bits per heavy atom. The summed E-state index contributed by atoms with van der Waals surface area (Å²) >= 11 is -0.0799. The summed E-state index contributed by atoms with van der Waals surface area (Å²) in [5.74, 6) is 7.12. The molecule has 0 radical (unpaired) electrons. The van der Waals surface area contributed by atoms with Crippen molar-refractivity contribution < 1.29 is 25.8 Å². The van der Waals surface area contributed by atoms with Crippen LogP contribution in [0.4, 0.5) is 13.2 Å². The van der Waals surface area contributed by atoms with Crippen molar-refractivity contribution >= 4 is 28.3 Å². The Hall–Kier alpha value is -1.54. The smallest absolute Gasteiger partial charge is 0.368 e. The minimum Gasteiger partial charge on any atom is -0.368 e. The molecule has 13 heteroatoms. The molecule has 186 valence electrons. The number of aliphatic imine (C=N–C) groups is 1. The second kappa shape index (κ2) is 10.8. The summed E-state index contributed by atoms with van der Waals surface area (Å²) in [5.41, 5.74) is -3.34. The number of nitrogens with zero attached hydrogens (tertiary/aromatic N) is 2. The highest BCUT2D eigenvalue weighted by atomic mass is 32.2. The van der Waals surface area contributed by atoms with Crippen LogP contribution < -0.4 is 16.3 Å². The number of alkyl halides is 3. The van der Waals surface area contributed by atoms with Gasteiger partial charge in [-0.15, -0.1) is 0 Å². The van der Waals surface area contributed by atoms with E-state index < -0.39 is 15.8 Å². The number of rotatable bonds is 9. The number of allylic oxidation sites excluding steroid dienone is 4. The molecule has 0 aromatic rings. The van der Waals surface area contributed by atoms with E-state index in [0.717, 1.165) is 31.3 Å². The molecule has 1 aliphatic heterocycles. The molecule has 0 bridgehead atoms. The van der Waals surface area contributed by atoms with Crippen molar-refractivity contribution in [2.45, 2.75) is 63.2 Å². The number of hydrogen-bond acceptors (Lipinski definition) is 8. The van der Waals surface area contributed by atoms with Crippen molar-refractivity contribution in [2.24, 2.45) is 27.8 Å². The van der Waals surface area contributed by atoms with Crippen LogP contribution in [0.3, 0.4) is 0 Å². The summed E-state index contributed by atoms with van der Waals surface area (Å²) in [6, 6.07) is 0.106. The lowest BCUT2D eigenvalue weighted by atomic mass is 9.90. The molecule has 3 rings (SSSR count). The molecule has 0 aromatic carbocycles. The zero-order valence-electron chi connectivity index (χ0n) is 18.3. The molecule has 2 aliphatic carbocycles. The molecule has 0 amide bonds. The highest BCUT2D eigenvalue weighted by Crippen LogP contribution is 2.40. The van der Waals surface area contributed by atoms with E-state index in [0.29, 0.717) is 18.7 Å². The maximum atomic E-state index is 12.7. The lowest BCUT2D eigenvalue weighted by Crippen LogP contribution is -2.48. The molecule has 33 heavy (non-hydrogen) atoms. The fourth-order valence-corrected chi connectivity index (χ4v) is 5.40. The van der Waals surface area contributed by atoms with Gasteiger partial charge in [-0.2, -0.15) is 21.6 Å². The predicted molar refractivity (Wildman–Crippen MR) is 123 cm³/mol. The monoisotopic (exact) mass is 509 g/mol.